The van der Waals surface area contributed by atoms with E-state index in [1.807, 2.05) is 0 Å². The Morgan fingerprint density at radius 3 is 1.94 bits per heavy atom. The smallest absolute Gasteiger partial charge is 0.0626 e. The van der Waals surface area contributed by atoms with Gasteiger partial charge in [0.05, 0.1) is 0 Å². The van der Waals surface area contributed by atoms with E-state index >= 15 is 0 Å². The molecule has 0 aliphatic rings. The summed E-state index contributed by atoms with van der Waals surface area (Å²) in [5.41, 5.74) is 1.42. The molecule has 0 radical (unpaired) electrons. The van der Waals surface area contributed by atoms with Crippen LogP contribution in [-0.4, -0.2) is 8.07 Å². The summed E-state index contributed by atoms with van der Waals surface area (Å²) in [6, 6.07) is 19.7. The van der Waals surface area contributed by atoms with E-state index in [-0.39, 0.29) is 0 Å². The van der Waals surface area contributed by atoms with Gasteiger partial charge in [-0.15, -0.1) is 0 Å². The Morgan fingerprint density at radius 1 is 0.750 bits per heavy atom. The summed E-state index contributed by atoms with van der Waals surface area (Å²) >= 11 is 0. The van der Waals surface area contributed by atoms with Crippen molar-refractivity contribution >= 4 is 18.4 Å². The molecule has 0 amide bonds. The molecule has 0 N–H and O–H groups in total. The van der Waals surface area contributed by atoms with E-state index in [0.29, 0.717) is 0 Å². The Balaban J connectivity index is 2.51. The van der Waals surface area contributed by atoms with Gasteiger partial charge in [-0.3, -0.25) is 0 Å². The molecule has 0 atom stereocenters. The molecule has 2 rings (SSSR count). The van der Waals surface area contributed by atoms with Crippen LogP contribution in [0.25, 0.3) is 0 Å². The van der Waals surface area contributed by atoms with Crippen molar-refractivity contribution in [2.24, 2.45) is 0 Å². The molecule has 82 valence electrons. The predicted molar refractivity (Wildman–Crippen MR) is 74.4 cm³/mol. The van der Waals surface area contributed by atoms with Gasteiger partial charge in [0.2, 0.25) is 0 Å². The summed E-state index contributed by atoms with van der Waals surface area (Å²) in [5.74, 6) is 0. The first kappa shape index (κ1) is 11.2. The Hall–Kier alpha value is -1.34. The third-order valence-electron chi connectivity index (χ3n) is 3.31. The quantitative estimate of drug-likeness (QED) is 0.691. The Bertz CT molecular complexity index is 472. The van der Waals surface area contributed by atoms with Crippen molar-refractivity contribution in [2.75, 3.05) is 0 Å². The standard InChI is InChI=1S/C15H18Si/c1-13-9-7-8-12-15(13)16(2,3)14-10-5-4-6-11-14/h4-12H,1-3H3. The fraction of sp³-hybridized carbons (Fsp3) is 0.200. The molecule has 0 heterocycles. The van der Waals surface area contributed by atoms with Crippen LogP contribution in [0.2, 0.25) is 13.1 Å². The summed E-state index contributed by atoms with van der Waals surface area (Å²) in [5, 5.41) is 3.05. The molecule has 0 aliphatic heterocycles. The first-order chi connectivity index (χ1) is 7.62. The number of aryl methyl sites for hydroxylation is 1. The lowest BCUT2D eigenvalue weighted by atomic mass is 10.2. The molecule has 16 heavy (non-hydrogen) atoms. The lowest BCUT2D eigenvalue weighted by Crippen LogP contribution is -2.53. The van der Waals surface area contributed by atoms with Gasteiger partial charge in [0.25, 0.3) is 0 Å². The van der Waals surface area contributed by atoms with Crippen molar-refractivity contribution in [2.45, 2.75) is 20.0 Å². The molecule has 2 aromatic carbocycles. The second kappa shape index (κ2) is 4.26. The van der Waals surface area contributed by atoms with Gasteiger partial charge in [0, 0.05) is 0 Å². The van der Waals surface area contributed by atoms with E-state index < -0.39 is 8.07 Å². The van der Waals surface area contributed by atoms with Crippen LogP contribution in [0, 0.1) is 6.92 Å². The van der Waals surface area contributed by atoms with Crippen molar-refractivity contribution in [3.8, 4) is 0 Å². The third-order valence-corrected chi connectivity index (χ3v) is 7.00. The van der Waals surface area contributed by atoms with Crippen LogP contribution in [-0.2, 0) is 0 Å². The molecule has 0 saturated carbocycles. The Labute approximate surface area is 99.0 Å². The molecule has 0 nitrogen and oxygen atoms in total. The predicted octanol–water partition coefficient (Wildman–Crippen LogP) is 2.82. The number of hydrogen-bond donors (Lipinski definition) is 0. The lowest BCUT2D eigenvalue weighted by molar-refractivity contribution is 1.49. The molecule has 0 aromatic heterocycles. The maximum atomic E-state index is 2.42. The average molecular weight is 226 g/mol. The minimum Gasteiger partial charge on any atom is -0.0626 e. The number of benzene rings is 2. The SMILES string of the molecule is Cc1ccccc1[Si](C)(C)c1ccccc1. The molecule has 1 heteroatoms. The molecular formula is C15H18Si. The summed E-state index contributed by atoms with van der Waals surface area (Å²) in [6.45, 7) is 7.06. The normalized spacial score (nSPS) is 11.4. The molecule has 0 fully saturated rings. The average Bonchev–Trinajstić information content (AvgIpc) is 2.30. The zero-order valence-electron chi connectivity index (χ0n) is 10.2. The van der Waals surface area contributed by atoms with Gasteiger partial charge in [-0.05, 0) is 6.92 Å². The molecule has 0 unspecified atom stereocenters. The van der Waals surface area contributed by atoms with Gasteiger partial charge in [-0.25, -0.2) is 0 Å². The highest BCUT2D eigenvalue weighted by atomic mass is 28.3. The number of rotatable bonds is 2. The van der Waals surface area contributed by atoms with Crippen LogP contribution in [0.1, 0.15) is 5.56 Å². The lowest BCUT2D eigenvalue weighted by Gasteiger charge is -2.25. The highest BCUT2D eigenvalue weighted by molar-refractivity contribution is 7.00. The van der Waals surface area contributed by atoms with Crippen LogP contribution in [0.3, 0.4) is 0 Å². The second-order valence-corrected chi connectivity index (χ2v) is 9.17. The van der Waals surface area contributed by atoms with E-state index in [1.54, 1.807) is 5.19 Å². The fourth-order valence-corrected chi connectivity index (χ4v) is 5.20. The van der Waals surface area contributed by atoms with Gasteiger partial charge >= 0.3 is 0 Å². The van der Waals surface area contributed by atoms with Crippen LogP contribution >= 0.6 is 0 Å². The molecular weight excluding hydrogens is 208 g/mol. The summed E-state index contributed by atoms with van der Waals surface area (Å²) in [4.78, 5) is 0. The first-order valence-electron chi connectivity index (χ1n) is 5.74. The van der Waals surface area contributed by atoms with E-state index in [2.05, 4.69) is 74.6 Å². The zero-order chi connectivity index (χ0) is 11.6. The van der Waals surface area contributed by atoms with Crippen LogP contribution in [0.5, 0.6) is 0 Å². The zero-order valence-corrected chi connectivity index (χ0v) is 11.2. The van der Waals surface area contributed by atoms with Crippen molar-refractivity contribution < 1.29 is 0 Å². The van der Waals surface area contributed by atoms with Gasteiger partial charge < -0.3 is 0 Å². The third kappa shape index (κ3) is 1.96. The Kier molecular flexibility index (Phi) is 2.97. The van der Waals surface area contributed by atoms with Gasteiger partial charge in [0.15, 0.2) is 0 Å². The van der Waals surface area contributed by atoms with E-state index in [9.17, 15) is 0 Å². The summed E-state index contributed by atoms with van der Waals surface area (Å²) < 4.78 is 0. The van der Waals surface area contributed by atoms with Crippen LogP contribution in [0.15, 0.2) is 54.6 Å². The summed E-state index contributed by atoms with van der Waals surface area (Å²) in [7, 11) is -1.50. The maximum Gasteiger partial charge on any atom is 0.112 e. The van der Waals surface area contributed by atoms with Gasteiger partial charge in [-0.2, -0.15) is 0 Å². The summed E-state index contributed by atoms with van der Waals surface area (Å²) in [6.07, 6.45) is 0. The maximum absolute atomic E-state index is 2.42. The molecule has 2 aromatic rings. The fourth-order valence-electron chi connectivity index (χ4n) is 2.28. The molecule has 0 bridgehead atoms. The van der Waals surface area contributed by atoms with Crippen molar-refractivity contribution in [1.82, 2.24) is 0 Å². The van der Waals surface area contributed by atoms with E-state index in [1.165, 1.54) is 10.8 Å². The highest BCUT2D eigenvalue weighted by Gasteiger charge is 2.26. The Morgan fingerprint density at radius 2 is 1.31 bits per heavy atom. The van der Waals surface area contributed by atoms with Crippen molar-refractivity contribution in [3.63, 3.8) is 0 Å². The molecule has 0 aliphatic carbocycles. The first-order valence-corrected chi connectivity index (χ1v) is 8.74. The minimum absolute atomic E-state index is 1.42. The largest absolute Gasteiger partial charge is 0.112 e. The minimum atomic E-state index is -1.50. The number of hydrogen-bond acceptors (Lipinski definition) is 0. The van der Waals surface area contributed by atoms with Crippen molar-refractivity contribution in [1.29, 1.82) is 0 Å². The van der Waals surface area contributed by atoms with Crippen LogP contribution < -0.4 is 10.4 Å². The van der Waals surface area contributed by atoms with E-state index in [0.717, 1.165) is 0 Å². The van der Waals surface area contributed by atoms with Crippen molar-refractivity contribution in [3.05, 3.63) is 60.2 Å². The van der Waals surface area contributed by atoms with Gasteiger partial charge in [0.1, 0.15) is 8.07 Å². The van der Waals surface area contributed by atoms with Crippen LogP contribution in [0.4, 0.5) is 0 Å². The monoisotopic (exact) mass is 226 g/mol. The molecule has 0 saturated heterocycles. The van der Waals surface area contributed by atoms with E-state index in [4.69, 9.17) is 0 Å². The highest BCUT2D eigenvalue weighted by Crippen LogP contribution is 2.07. The van der Waals surface area contributed by atoms with Gasteiger partial charge in [-0.1, -0.05) is 83.6 Å². The topological polar surface area (TPSA) is 0 Å². The second-order valence-electron chi connectivity index (χ2n) is 4.81. The molecule has 0 spiro atoms.